The van der Waals surface area contributed by atoms with Crippen LogP contribution in [-0.2, 0) is 0 Å². The molecule has 0 fully saturated rings. The van der Waals surface area contributed by atoms with Gasteiger partial charge in [-0.05, 0) is 86.9 Å². The summed E-state index contributed by atoms with van der Waals surface area (Å²) in [6.07, 6.45) is 10.2. The molecule has 4 heteroatoms. The minimum atomic E-state index is 0.622. The van der Waals surface area contributed by atoms with Crippen molar-refractivity contribution in [3.8, 4) is 17.4 Å². The van der Waals surface area contributed by atoms with Gasteiger partial charge in [0.2, 0.25) is 5.88 Å². The molecule has 0 unspecified atom stereocenters. The molecule has 0 spiro atoms. The summed E-state index contributed by atoms with van der Waals surface area (Å²) in [7, 11) is 0. The number of halogens is 1. The van der Waals surface area contributed by atoms with Crippen LogP contribution in [0.4, 0.5) is 0 Å². The van der Waals surface area contributed by atoms with Gasteiger partial charge < -0.3 is 9.47 Å². The van der Waals surface area contributed by atoms with E-state index < -0.39 is 0 Å². The smallest absolute Gasteiger partial charge is 0.219 e. The number of ether oxygens (including phenoxy) is 2. The van der Waals surface area contributed by atoms with E-state index in [4.69, 9.17) is 21.1 Å². The predicted molar refractivity (Wildman–Crippen MR) is 128 cm³/mol. The molecule has 0 saturated heterocycles. The Labute approximate surface area is 189 Å². The largest absolute Gasteiger partial charge is 0.458 e. The molecule has 0 N–H and O–H groups in total. The summed E-state index contributed by atoms with van der Waals surface area (Å²) in [4.78, 5) is 4.07. The van der Waals surface area contributed by atoms with E-state index in [-0.39, 0.29) is 0 Å². The zero-order chi connectivity index (χ0) is 22.1. The van der Waals surface area contributed by atoms with Crippen LogP contribution in [0.2, 0.25) is 0 Å². The second-order valence-corrected chi connectivity index (χ2v) is 7.63. The number of hydrogen-bond donors (Lipinski definition) is 0. The molecule has 0 saturated carbocycles. The Bertz CT molecular complexity index is 1080. The van der Waals surface area contributed by atoms with Crippen molar-refractivity contribution < 1.29 is 9.47 Å². The van der Waals surface area contributed by atoms with Crippen LogP contribution >= 0.6 is 11.6 Å². The number of pyridine rings is 1. The lowest BCUT2D eigenvalue weighted by atomic mass is 10.1. The molecule has 0 radical (unpaired) electrons. The van der Waals surface area contributed by atoms with Gasteiger partial charge in [0, 0.05) is 17.3 Å². The molecule has 3 aromatic rings. The van der Waals surface area contributed by atoms with Crippen molar-refractivity contribution in [1.29, 1.82) is 0 Å². The van der Waals surface area contributed by atoms with E-state index in [1.165, 1.54) is 16.7 Å². The Kier molecular flexibility index (Phi) is 8.08. The second kappa shape index (κ2) is 11.2. The highest BCUT2D eigenvalue weighted by Crippen LogP contribution is 2.21. The average molecular weight is 432 g/mol. The van der Waals surface area contributed by atoms with Gasteiger partial charge in [0.1, 0.15) is 17.3 Å². The van der Waals surface area contributed by atoms with Gasteiger partial charge in [0.15, 0.2) is 0 Å². The van der Waals surface area contributed by atoms with Gasteiger partial charge in [-0.2, -0.15) is 0 Å². The minimum Gasteiger partial charge on any atom is -0.458 e. The molecule has 3 nitrogen and oxygen atoms in total. The molecule has 0 bridgehead atoms. The molecule has 4 rings (SSSR count). The van der Waals surface area contributed by atoms with E-state index in [2.05, 4.69) is 24.9 Å². The lowest BCUT2D eigenvalue weighted by molar-refractivity contribution is 0.442. The van der Waals surface area contributed by atoms with Crippen molar-refractivity contribution in [3.05, 3.63) is 119 Å². The standard InChI is InChI=1S/C15H15ClO.C12H11NO/c1-11-6-8-15(10-12(11)2)17-14-5-3-4-13(16)7-9-14;1-10-5-7-11(8-6-10)14-12-4-2-3-9-13-12/h4-10H,3H2,1-2H3;2-9H,1H3. The fourth-order valence-corrected chi connectivity index (χ4v) is 2.86. The van der Waals surface area contributed by atoms with Gasteiger partial charge in [-0.15, -0.1) is 0 Å². The number of allylic oxidation sites excluding steroid dienone is 5. The maximum atomic E-state index is 5.92. The Morgan fingerprint density at radius 2 is 1.55 bits per heavy atom. The molecule has 1 aromatic heterocycles. The number of nitrogens with zero attached hydrogens (tertiary/aromatic N) is 1. The zero-order valence-electron chi connectivity index (χ0n) is 18.0. The maximum Gasteiger partial charge on any atom is 0.219 e. The lowest BCUT2D eigenvalue weighted by Crippen LogP contribution is -1.93. The summed E-state index contributed by atoms with van der Waals surface area (Å²) in [6.45, 7) is 6.22. The van der Waals surface area contributed by atoms with E-state index >= 15 is 0 Å². The number of benzene rings is 2. The molecule has 0 amide bonds. The molecular weight excluding hydrogens is 406 g/mol. The molecule has 158 valence electrons. The SMILES string of the molecule is Cc1ccc(OC2=CCC=C(Cl)C=C2)cc1C.Cc1ccc(Oc2ccccn2)cc1. The maximum absolute atomic E-state index is 5.92. The first-order chi connectivity index (χ1) is 15.0. The van der Waals surface area contributed by atoms with Gasteiger partial charge in [-0.3, -0.25) is 0 Å². The third kappa shape index (κ3) is 7.47. The number of rotatable bonds is 4. The first kappa shape index (κ1) is 22.4. The van der Waals surface area contributed by atoms with Crippen molar-refractivity contribution in [2.75, 3.05) is 0 Å². The van der Waals surface area contributed by atoms with Gasteiger partial charge >= 0.3 is 0 Å². The fraction of sp³-hybridized carbons (Fsp3) is 0.148. The normalized spacial score (nSPS) is 12.6. The summed E-state index contributed by atoms with van der Waals surface area (Å²) >= 11 is 5.92. The van der Waals surface area contributed by atoms with Crippen LogP contribution in [-0.4, -0.2) is 4.98 Å². The van der Waals surface area contributed by atoms with Crippen molar-refractivity contribution in [2.45, 2.75) is 27.2 Å². The topological polar surface area (TPSA) is 31.4 Å². The molecule has 0 atom stereocenters. The summed E-state index contributed by atoms with van der Waals surface area (Å²) in [6, 6.07) is 19.6. The van der Waals surface area contributed by atoms with Crippen molar-refractivity contribution >= 4 is 11.6 Å². The summed E-state index contributed by atoms with van der Waals surface area (Å²) in [5.74, 6) is 3.13. The highest BCUT2D eigenvalue weighted by molar-refractivity contribution is 6.31. The van der Waals surface area contributed by atoms with Crippen molar-refractivity contribution in [3.63, 3.8) is 0 Å². The Morgan fingerprint density at radius 3 is 2.26 bits per heavy atom. The highest BCUT2D eigenvalue weighted by Gasteiger charge is 2.02. The molecule has 31 heavy (non-hydrogen) atoms. The van der Waals surface area contributed by atoms with Gasteiger partial charge in [0.05, 0.1) is 0 Å². The van der Waals surface area contributed by atoms with E-state index in [0.29, 0.717) is 5.88 Å². The zero-order valence-corrected chi connectivity index (χ0v) is 18.8. The third-order valence-corrected chi connectivity index (χ3v) is 4.91. The fourth-order valence-electron chi connectivity index (χ4n) is 2.71. The molecule has 0 aliphatic heterocycles. The number of aryl methyl sites for hydroxylation is 3. The monoisotopic (exact) mass is 431 g/mol. The molecule has 1 heterocycles. The van der Waals surface area contributed by atoms with E-state index in [9.17, 15) is 0 Å². The van der Waals surface area contributed by atoms with Gasteiger partial charge in [-0.1, -0.05) is 47.5 Å². The third-order valence-electron chi connectivity index (χ3n) is 4.63. The van der Waals surface area contributed by atoms with Crippen molar-refractivity contribution in [1.82, 2.24) is 4.98 Å². The predicted octanol–water partition coefficient (Wildman–Crippen LogP) is 7.83. The molecule has 1 aliphatic rings. The van der Waals surface area contributed by atoms with Crippen molar-refractivity contribution in [2.24, 2.45) is 0 Å². The summed E-state index contributed by atoms with van der Waals surface area (Å²) < 4.78 is 11.3. The minimum absolute atomic E-state index is 0.622. The lowest BCUT2D eigenvalue weighted by Gasteiger charge is -2.08. The van der Waals surface area contributed by atoms with Crippen LogP contribution in [0.15, 0.2) is 102 Å². The molecular formula is C27H26ClNO2. The van der Waals surface area contributed by atoms with Crippen LogP contribution in [0.25, 0.3) is 0 Å². The highest BCUT2D eigenvalue weighted by atomic mass is 35.5. The van der Waals surface area contributed by atoms with E-state index in [1.807, 2.05) is 85.8 Å². The quantitative estimate of drug-likeness (QED) is 0.421. The first-order valence-electron chi connectivity index (χ1n) is 10.1. The summed E-state index contributed by atoms with van der Waals surface area (Å²) in [5, 5.41) is 0.750. The number of hydrogen-bond acceptors (Lipinski definition) is 3. The van der Waals surface area contributed by atoms with Crippen LogP contribution in [0.5, 0.6) is 17.4 Å². The first-order valence-corrected chi connectivity index (χ1v) is 10.5. The van der Waals surface area contributed by atoms with E-state index in [1.54, 1.807) is 6.20 Å². The van der Waals surface area contributed by atoms with Crippen LogP contribution in [0.1, 0.15) is 23.1 Å². The Morgan fingerprint density at radius 1 is 0.774 bits per heavy atom. The van der Waals surface area contributed by atoms with Gasteiger partial charge in [-0.25, -0.2) is 4.98 Å². The average Bonchev–Trinajstić information content (AvgIpc) is 2.98. The summed E-state index contributed by atoms with van der Waals surface area (Å²) in [5.41, 5.74) is 3.72. The molecule has 2 aromatic carbocycles. The Hall–Kier alpha value is -3.30. The second-order valence-electron chi connectivity index (χ2n) is 7.20. The van der Waals surface area contributed by atoms with Crippen LogP contribution < -0.4 is 9.47 Å². The van der Waals surface area contributed by atoms with E-state index in [0.717, 1.165) is 28.7 Å². The van der Waals surface area contributed by atoms with Crippen LogP contribution in [0, 0.1) is 20.8 Å². The number of aromatic nitrogens is 1. The van der Waals surface area contributed by atoms with Crippen LogP contribution in [0.3, 0.4) is 0 Å². The Balaban J connectivity index is 0.000000179. The molecule has 1 aliphatic carbocycles. The van der Waals surface area contributed by atoms with Gasteiger partial charge in [0.25, 0.3) is 0 Å².